The molecule has 2 aliphatic rings. The largest absolute Gasteiger partial charge is 0.464 e. The van der Waals surface area contributed by atoms with E-state index in [0.29, 0.717) is 0 Å². The van der Waals surface area contributed by atoms with E-state index < -0.39 is 34.7 Å². The molecule has 2 atom stereocenters. The maximum Gasteiger partial charge on any atom is 0.355 e. The minimum Gasteiger partial charge on any atom is -0.464 e. The Kier molecular flexibility index (Phi) is 3.28. The molecule has 0 bridgehead atoms. The first-order valence-corrected chi connectivity index (χ1v) is 6.49. The fourth-order valence-corrected chi connectivity index (χ4v) is 2.54. The number of nitrogens with zero attached hydrogens (tertiary/aromatic N) is 3. The molecule has 0 saturated carbocycles. The van der Waals surface area contributed by atoms with Crippen molar-refractivity contribution < 1.29 is 24.0 Å². The number of hydrogen-bond acceptors (Lipinski definition) is 8. The zero-order valence-electron chi connectivity index (χ0n) is 11.8. The fraction of sp³-hybridized carbons (Fsp3) is 0.231. The molecule has 0 radical (unpaired) electrons. The smallest absolute Gasteiger partial charge is 0.355 e. The Morgan fingerprint density at radius 2 is 1.96 bits per heavy atom. The molecule has 1 saturated heterocycles. The van der Waals surface area contributed by atoms with Crippen LogP contribution >= 0.6 is 0 Å². The predicted molar refractivity (Wildman–Crippen MR) is 75.5 cm³/mol. The van der Waals surface area contributed by atoms with E-state index in [0.717, 1.165) is 12.0 Å². The third-order valence-electron chi connectivity index (χ3n) is 3.64. The van der Waals surface area contributed by atoms with E-state index in [1.165, 1.54) is 24.3 Å². The summed E-state index contributed by atoms with van der Waals surface area (Å²) < 4.78 is 4.54. The third-order valence-corrected chi connectivity index (χ3v) is 3.64. The summed E-state index contributed by atoms with van der Waals surface area (Å²) in [6.07, 6.45) is 0. The van der Waals surface area contributed by atoms with Crippen molar-refractivity contribution in [3.8, 4) is 0 Å². The number of imide groups is 1. The first-order valence-electron chi connectivity index (χ1n) is 6.49. The van der Waals surface area contributed by atoms with Crippen LogP contribution in [-0.4, -0.2) is 41.6 Å². The molecule has 1 fully saturated rings. The van der Waals surface area contributed by atoms with Crippen LogP contribution in [0.5, 0.6) is 0 Å². The lowest BCUT2D eigenvalue weighted by Crippen LogP contribution is -2.36. The Morgan fingerprint density at radius 3 is 2.52 bits per heavy atom. The SMILES string of the molecule is COC(=O)C1=NNC2C(=O)N(c3ccc([N+](=O)[O-])cc3)C(=O)C12. The van der Waals surface area contributed by atoms with Crippen molar-refractivity contribution in [3.05, 3.63) is 34.4 Å². The molecule has 2 unspecified atom stereocenters. The number of non-ortho nitro benzene ring substituents is 1. The molecule has 2 aliphatic heterocycles. The van der Waals surface area contributed by atoms with E-state index in [4.69, 9.17) is 0 Å². The molecule has 3 rings (SSSR count). The summed E-state index contributed by atoms with van der Waals surface area (Å²) in [5.74, 6) is -3.08. The zero-order chi connectivity index (χ0) is 16.7. The van der Waals surface area contributed by atoms with Crippen LogP contribution in [0.2, 0.25) is 0 Å². The van der Waals surface area contributed by atoms with Gasteiger partial charge in [0.05, 0.1) is 17.7 Å². The topological polar surface area (TPSA) is 131 Å². The lowest BCUT2D eigenvalue weighted by atomic mass is 9.99. The minimum atomic E-state index is -1.06. The highest BCUT2D eigenvalue weighted by Crippen LogP contribution is 2.31. The highest BCUT2D eigenvalue weighted by atomic mass is 16.6. The Morgan fingerprint density at radius 1 is 1.30 bits per heavy atom. The summed E-state index contributed by atoms with van der Waals surface area (Å²) >= 11 is 0. The fourth-order valence-electron chi connectivity index (χ4n) is 2.54. The van der Waals surface area contributed by atoms with E-state index in [2.05, 4.69) is 15.3 Å². The highest BCUT2D eigenvalue weighted by molar-refractivity contribution is 6.46. The van der Waals surface area contributed by atoms with Crippen molar-refractivity contribution in [2.45, 2.75) is 6.04 Å². The molecule has 0 aliphatic carbocycles. The van der Waals surface area contributed by atoms with Gasteiger partial charge in [0, 0.05) is 12.1 Å². The number of carbonyl (C=O) groups excluding carboxylic acids is 3. The summed E-state index contributed by atoms with van der Waals surface area (Å²) in [4.78, 5) is 47.4. The number of nitrogens with one attached hydrogen (secondary N) is 1. The Hall–Kier alpha value is -3.30. The van der Waals surface area contributed by atoms with Gasteiger partial charge < -0.3 is 4.74 Å². The number of methoxy groups -OCH3 is 1. The van der Waals surface area contributed by atoms with Crippen molar-refractivity contribution in [1.82, 2.24) is 5.43 Å². The van der Waals surface area contributed by atoms with Gasteiger partial charge in [0.1, 0.15) is 12.0 Å². The van der Waals surface area contributed by atoms with Crippen molar-refractivity contribution >= 4 is 34.9 Å². The number of fused-ring (bicyclic) bond motifs is 1. The molecule has 1 N–H and O–H groups in total. The number of hydrogen-bond donors (Lipinski definition) is 1. The summed E-state index contributed by atoms with van der Waals surface area (Å²) in [6, 6.07) is 3.99. The van der Waals surface area contributed by atoms with Gasteiger partial charge in [-0.2, -0.15) is 5.10 Å². The van der Waals surface area contributed by atoms with Gasteiger partial charge in [-0.25, -0.2) is 9.69 Å². The van der Waals surface area contributed by atoms with E-state index >= 15 is 0 Å². The molecule has 10 heteroatoms. The lowest BCUT2D eigenvalue weighted by molar-refractivity contribution is -0.384. The number of nitro groups is 1. The van der Waals surface area contributed by atoms with Crippen LogP contribution in [0.4, 0.5) is 11.4 Å². The third kappa shape index (κ3) is 2.11. The molecule has 1 aromatic rings. The number of rotatable bonds is 3. The summed E-state index contributed by atoms with van der Waals surface area (Å²) in [7, 11) is 1.15. The summed E-state index contributed by atoms with van der Waals surface area (Å²) in [5, 5.41) is 14.3. The highest BCUT2D eigenvalue weighted by Gasteiger charge is 2.55. The summed E-state index contributed by atoms with van der Waals surface area (Å²) in [5.41, 5.74) is 2.32. The van der Waals surface area contributed by atoms with Crippen molar-refractivity contribution in [1.29, 1.82) is 0 Å². The molecule has 2 amide bonds. The lowest BCUT2D eigenvalue weighted by Gasteiger charge is -2.15. The number of benzene rings is 1. The first kappa shape index (κ1) is 14.6. The van der Waals surface area contributed by atoms with Crippen LogP contribution in [0.25, 0.3) is 0 Å². The molecule has 23 heavy (non-hydrogen) atoms. The van der Waals surface area contributed by atoms with Crippen LogP contribution in [0, 0.1) is 16.0 Å². The van der Waals surface area contributed by atoms with Crippen molar-refractivity contribution in [2.75, 3.05) is 12.0 Å². The van der Waals surface area contributed by atoms with Gasteiger partial charge in [-0.05, 0) is 12.1 Å². The minimum absolute atomic E-state index is 0.164. The van der Waals surface area contributed by atoms with Gasteiger partial charge in [0.25, 0.3) is 11.6 Å². The van der Waals surface area contributed by atoms with Gasteiger partial charge >= 0.3 is 5.97 Å². The quantitative estimate of drug-likeness (QED) is 0.346. The average Bonchev–Trinajstić information content (AvgIpc) is 3.08. The van der Waals surface area contributed by atoms with Crippen LogP contribution in [0.1, 0.15) is 0 Å². The molecular formula is C13H10N4O6. The molecule has 2 heterocycles. The van der Waals surface area contributed by atoms with Crippen molar-refractivity contribution in [3.63, 3.8) is 0 Å². The van der Waals surface area contributed by atoms with Gasteiger partial charge in [-0.15, -0.1) is 0 Å². The average molecular weight is 318 g/mol. The second-order valence-electron chi connectivity index (χ2n) is 4.86. The van der Waals surface area contributed by atoms with E-state index in [1.54, 1.807) is 0 Å². The molecule has 118 valence electrons. The molecule has 0 spiro atoms. The number of anilines is 1. The van der Waals surface area contributed by atoms with Crippen LogP contribution in [0.3, 0.4) is 0 Å². The second kappa shape index (κ2) is 5.16. The number of hydrazone groups is 1. The number of ether oxygens (including phenoxy) is 1. The predicted octanol–water partition coefficient (Wildman–Crippen LogP) is -0.415. The number of esters is 1. The normalized spacial score (nSPS) is 22.5. The Bertz CT molecular complexity index is 756. The van der Waals surface area contributed by atoms with E-state index in [-0.39, 0.29) is 17.1 Å². The van der Waals surface area contributed by atoms with Gasteiger partial charge in [0.2, 0.25) is 5.91 Å². The molecule has 1 aromatic carbocycles. The number of amides is 2. The number of carbonyl (C=O) groups is 3. The molecule has 10 nitrogen and oxygen atoms in total. The van der Waals surface area contributed by atoms with Gasteiger partial charge in [-0.1, -0.05) is 0 Å². The Balaban J connectivity index is 1.92. The van der Waals surface area contributed by atoms with Crippen molar-refractivity contribution in [2.24, 2.45) is 11.0 Å². The van der Waals surface area contributed by atoms with Crippen LogP contribution in [0.15, 0.2) is 29.4 Å². The van der Waals surface area contributed by atoms with Gasteiger partial charge in [-0.3, -0.25) is 25.1 Å². The van der Waals surface area contributed by atoms with Gasteiger partial charge in [0.15, 0.2) is 5.71 Å². The zero-order valence-corrected chi connectivity index (χ0v) is 11.8. The second-order valence-corrected chi connectivity index (χ2v) is 4.86. The maximum atomic E-state index is 12.5. The molecular weight excluding hydrogens is 308 g/mol. The molecule has 0 aromatic heterocycles. The standard InChI is InChI=1S/C13H10N4O6/c1-23-13(20)10-8-9(14-15-10)12(19)16(11(8)18)6-2-4-7(5-3-6)17(21)22/h2-5,8-9,14H,1H3. The van der Waals surface area contributed by atoms with Crippen LogP contribution < -0.4 is 10.3 Å². The van der Waals surface area contributed by atoms with Crippen LogP contribution in [-0.2, 0) is 19.1 Å². The summed E-state index contributed by atoms with van der Waals surface area (Å²) in [6.45, 7) is 0. The monoisotopic (exact) mass is 318 g/mol. The number of nitro benzene ring substituents is 1. The van der Waals surface area contributed by atoms with E-state index in [1.807, 2.05) is 0 Å². The maximum absolute atomic E-state index is 12.5. The first-order chi connectivity index (χ1) is 11.0. The Labute approximate surface area is 128 Å². The van der Waals surface area contributed by atoms with E-state index in [9.17, 15) is 24.5 Å².